The molecule has 3 aliphatic rings. The van der Waals surface area contributed by atoms with Crippen molar-refractivity contribution in [3.63, 3.8) is 0 Å². The number of amides is 2. The van der Waals surface area contributed by atoms with Gasteiger partial charge in [-0.15, -0.1) is 5.06 Å². The van der Waals surface area contributed by atoms with Crippen LogP contribution < -0.4 is 5.90 Å². The van der Waals surface area contributed by atoms with Crippen molar-refractivity contribution in [3.05, 3.63) is 35.4 Å². The fourth-order valence-electron chi connectivity index (χ4n) is 3.62. The van der Waals surface area contributed by atoms with Crippen LogP contribution >= 0.6 is 0 Å². The van der Waals surface area contributed by atoms with Crippen LogP contribution in [0.3, 0.4) is 0 Å². The third-order valence-electron chi connectivity index (χ3n) is 5.53. The summed E-state index contributed by atoms with van der Waals surface area (Å²) in [4.78, 5) is 39.1. The molecular formula is C22H38N4O4. The summed E-state index contributed by atoms with van der Waals surface area (Å²) < 4.78 is 0. The molecule has 0 bridgehead atoms. The molecule has 0 atom stereocenters. The van der Waals surface area contributed by atoms with Gasteiger partial charge in [0.1, 0.15) is 0 Å². The van der Waals surface area contributed by atoms with E-state index in [1.54, 1.807) is 24.3 Å². The number of hydroxylamine groups is 2. The molecule has 0 radical (unpaired) electrons. The number of fused-ring (bicyclic) bond motifs is 1. The lowest BCUT2D eigenvalue weighted by Crippen LogP contribution is -2.40. The van der Waals surface area contributed by atoms with Gasteiger partial charge in [0.15, 0.2) is 0 Å². The summed E-state index contributed by atoms with van der Waals surface area (Å²) in [6.45, 7) is 4.07. The lowest BCUT2D eigenvalue weighted by molar-refractivity contribution is -0.144. The van der Waals surface area contributed by atoms with Crippen LogP contribution in [0.5, 0.6) is 0 Å². The summed E-state index contributed by atoms with van der Waals surface area (Å²) >= 11 is 0. The highest BCUT2D eigenvalue weighted by atomic mass is 16.7. The van der Waals surface area contributed by atoms with Crippen LogP contribution in [0.1, 0.15) is 61.3 Å². The molecule has 0 unspecified atom stereocenters. The molecule has 0 aromatic heterocycles. The SMILES string of the molecule is C.C.CN1CCC(ON)CC1.CN1CCC(ON2C(=O)c3ccccc3C2=O)CC1. The van der Waals surface area contributed by atoms with Gasteiger partial charge in [0, 0.05) is 26.2 Å². The van der Waals surface area contributed by atoms with Gasteiger partial charge in [-0.25, -0.2) is 5.90 Å². The van der Waals surface area contributed by atoms with E-state index < -0.39 is 0 Å². The zero-order valence-corrected chi connectivity index (χ0v) is 16.7. The maximum Gasteiger partial charge on any atom is 0.285 e. The Morgan fingerprint density at radius 2 is 1.20 bits per heavy atom. The third-order valence-corrected chi connectivity index (χ3v) is 5.53. The number of carbonyl (C=O) groups is 2. The largest absolute Gasteiger partial charge is 0.306 e. The summed E-state index contributed by atoms with van der Waals surface area (Å²) in [5, 5.41) is 0.931. The number of nitrogens with two attached hydrogens (primary N) is 1. The number of carbonyl (C=O) groups excluding carboxylic acids is 2. The molecule has 0 aliphatic carbocycles. The van der Waals surface area contributed by atoms with Gasteiger partial charge in [-0.2, -0.15) is 0 Å². The Morgan fingerprint density at radius 1 is 0.800 bits per heavy atom. The van der Waals surface area contributed by atoms with Gasteiger partial charge in [-0.3, -0.25) is 14.4 Å². The molecule has 2 fully saturated rings. The fourth-order valence-corrected chi connectivity index (χ4v) is 3.62. The summed E-state index contributed by atoms with van der Waals surface area (Å²) in [5.74, 6) is 4.33. The van der Waals surface area contributed by atoms with E-state index in [4.69, 9.17) is 15.6 Å². The van der Waals surface area contributed by atoms with Crippen LogP contribution in [0.15, 0.2) is 24.3 Å². The van der Waals surface area contributed by atoms with Crippen molar-refractivity contribution in [1.29, 1.82) is 0 Å². The van der Waals surface area contributed by atoms with Crippen LogP contribution in [-0.2, 0) is 9.68 Å². The smallest absolute Gasteiger partial charge is 0.285 e. The van der Waals surface area contributed by atoms with Gasteiger partial charge in [0.05, 0.1) is 23.3 Å². The van der Waals surface area contributed by atoms with Crippen LogP contribution in [0, 0.1) is 0 Å². The van der Waals surface area contributed by atoms with E-state index in [1.165, 1.54) is 0 Å². The average Bonchev–Trinajstić information content (AvgIpc) is 2.96. The summed E-state index contributed by atoms with van der Waals surface area (Å²) in [7, 11) is 4.17. The quantitative estimate of drug-likeness (QED) is 0.591. The van der Waals surface area contributed by atoms with E-state index in [-0.39, 0.29) is 32.8 Å². The lowest BCUT2D eigenvalue weighted by atomic mass is 10.1. The van der Waals surface area contributed by atoms with Crippen molar-refractivity contribution >= 4 is 11.8 Å². The minimum atomic E-state index is -0.348. The molecule has 3 heterocycles. The second kappa shape index (κ2) is 12.1. The first-order valence-corrected chi connectivity index (χ1v) is 9.86. The lowest BCUT2D eigenvalue weighted by Gasteiger charge is -2.30. The Kier molecular flexibility index (Phi) is 10.6. The zero-order chi connectivity index (χ0) is 20.1. The Morgan fingerprint density at radius 3 is 1.60 bits per heavy atom. The standard InChI is InChI=1S/C14H16N2O3.C6H14N2O.2CH4/c1-15-8-6-10(7-9-15)19-16-13(17)11-4-2-3-5-12(11)14(16)18;1-8-4-2-6(9-7)3-5-8;;/h2-5,10H,6-9H2,1H3;6H,2-5,7H2,1H3;2*1H4. The number of nitrogens with zero attached hydrogens (tertiary/aromatic N) is 3. The third kappa shape index (κ3) is 6.33. The van der Waals surface area contributed by atoms with Crippen LogP contribution in [0.4, 0.5) is 0 Å². The molecule has 0 spiro atoms. The van der Waals surface area contributed by atoms with Crippen LogP contribution in [0.2, 0.25) is 0 Å². The van der Waals surface area contributed by atoms with Gasteiger partial charge in [-0.1, -0.05) is 27.0 Å². The number of likely N-dealkylation sites (tertiary alicyclic amines) is 2. The summed E-state index contributed by atoms with van der Waals surface area (Å²) in [6.07, 6.45) is 4.08. The molecule has 2 amide bonds. The molecule has 30 heavy (non-hydrogen) atoms. The minimum absolute atomic E-state index is 0. The Balaban J connectivity index is 0.000000351. The molecule has 170 valence electrons. The van der Waals surface area contributed by atoms with E-state index in [2.05, 4.69) is 23.9 Å². The maximum absolute atomic E-state index is 12.1. The molecular weight excluding hydrogens is 384 g/mol. The zero-order valence-electron chi connectivity index (χ0n) is 16.7. The highest BCUT2D eigenvalue weighted by Crippen LogP contribution is 2.25. The van der Waals surface area contributed by atoms with Gasteiger partial charge in [0.25, 0.3) is 11.8 Å². The predicted molar refractivity (Wildman–Crippen MR) is 118 cm³/mol. The predicted octanol–water partition coefficient (Wildman–Crippen LogP) is 2.55. The van der Waals surface area contributed by atoms with Gasteiger partial charge in [0.2, 0.25) is 0 Å². The first-order chi connectivity index (χ1) is 13.5. The van der Waals surface area contributed by atoms with E-state index in [0.29, 0.717) is 17.2 Å². The van der Waals surface area contributed by atoms with Gasteiger partial charge < -0.3 is 14.6 Å². The number of rotatable bonds is 3. The van der Waals surface area contributed by atoms with E-state index in [0.717, 1.165) is 56.9 Å². The van der Waals surface area contributed by atoms with Gasteiger partial charge >= 0.3 is 0 Å². The highest BCUT2D eigenvalue weighted by molar-refractivity contribution is 6.20. The topological polar surface area (TPSA) is 88.3 Å². The number of hydrogen-bond acceptors (Lipinski definition) is 7. The molecule has 1 aromatic rings. The minimum Gasteiger partial charge on any atom is -0.306 e. The first-order valence-electron chi connectivity index (χ1n) is 9.86. The molecule has 8 nitrogen and oxygen atoms in total. The molecule has 2 N–H and O–H groups in total. The number of hydrogen-bond donors (Lipinski definition) is 1. The number of piperidine rings is 2. The fraction of sp³-hybridized carbons (Fsp3) is 0.636. The number of imide groups is 1. The van der Waals surface area contributed by atoms with E-state index >= 15 is 0 Å². The molecule has 0 saturated carbocycles. The van der Waals surface area contributed by atoms with Crippen molar-refractivity contribution in [2.75, 3.05) is 40.3 Å². The normalized spacial score (nSPS) is 20.7. The average molecular weight is 423 g/mol. The van der Waals surface area contributed by atoms with Crippen molar-refractivity contribution in [2.45, 2.75) is 52.7 Å². The maximum atomic E-state index is 12.1. The van der Waals surface area contributed by atoms with Crippen molar-refractivity contribution < 1.29 is 19.3 Å². The molecule has 3 aliphatic heterocycles. The second-order valence-corrected chi connectivity index (χ2v) is 7.70. The van der Waals surface area contributed by atoms with Crippen molar-refractivity contribution in [1.82, 2.24) is 14.9 Å². The van der Waals surface area contributed by atoms with Crippen LogP contribution in [-0.4, -0.2) is 79.2 Å². The molecule has 8 heteroatoms. The van der Waals surface area contributed by atoms with E-state index in [9.17, 15) is 9.59 Å². The van der Waals surface area contributed by atoms with Crippen molar-refractivity contribution in [3.8, 4) is 0 Å². The van der Waals surface area contributed by atoms with E-state index in [1.807, 2.05) is 0 Å². The van der Waals surface area contributed by atoms with Crippen molar-refractivity contribution in [2.24, 2.45) is 5.90 Å². The second-order valence-electron chi connectivity index (χ2n) is 7.70. The summed E-state index contributed by atoms with van der Waals surface area (Å²) in [6, 6.07) is 6.83. The molecule has 4 rings (SSSR count). The Hall–Kier alpha value is -1.84. The first kappa shape index (κ1) is 26.2. The Bertz CT molecular complexity index is 648. The van der Waals surface area contributed by atoms with Gasteiger partial charge in [-0.05, 0) is 51.9 Å². The Labute approximate surface area is 180 Å². The molecule has 1 aromatic carbocycles. The van der Waals surface area contributed by atoms with Crippen LogP contribution in [0.25, 0.3) is 0 Å². The summed E-state index contributed by atoms with van der Waals surface area (Å²) in [5.41, 5.74) is 0.862. The monoisotopic (exact) mass is 422 g/mol. The number of benzene rings is 1. The molecule has 2 saturated heterocycles. The highest BCUT2D eigenvalue weighted by Gasteiger charge is 2.38.